The molecule has 0 aliphatic heterocycles. The highest BCUT2D eigenvalue weighted by Gasteiger charge is 2.08. The molecule has 1 N–H and O–H groups in total. The summed E-state index contributed by atoms with van der Waals surface area (Å²) in [4.78, 5) is 6.55. The Morgan fingerprint density at radius 1 is 1.28 bits per heavy atom. The summed E-state index contributed by atoms with van der Waals surface area (Å²) in [5, 5.41) is 10.8. The highest BCUT2D eigenvalue weighted by molar-refractivity contribution is 5.87. The Morgan fingerprint density at radius 2 is 2.06 bits per heavy atom. The number of phenolic OH excluding ortho intramolecular Hbond substituents is 1. The number of rotatable bonds is 4. The summed E-state index contributed by atoms with van der Waals surface area (Å²) < 4.78 is 0. The fourth-order valence-electron chi connectivity index (χ4n) is 1.99. The Morgan fingerprint density at radius 3 is 2.78 bits per heavy atom. The van der Waals surface area contributed by atoms with Gasteiger partial charge in [-0.3, -0.25) is 4.98 Å². The molecule has 1 heterocycles. The van der Waals surface area contributed by atoms with Crippen molar-refractivity contribution in [3.8, 4) is 5.75 Å². The molecule has 1 aromatic carbocycles. The Bertz CT molecular complexity index is 537. The molecule has 0 radical (unpaired) electrons. The lowest BCUT2D eigenvalue weighted by atomic mass is 10.0. The zero-order chi connectivity index (χ0) is 13.1. The maximum absolute atomic E-state index is 9.79. The van der Waals surface area contributed by atoms with Crippen LogP contribution in [0.4, 0.5) is 0 Å². The van der Waals surface area contributed by atoms with E-state index >= 15 is 0 Å². The largest absolute Gasteiger partial charge is 0.506 e. The topological polar surface area (TPSA) is 36.4 Å². The normalized spacial score (nSPS) is 11.6. The van der Waals surface area contributed by atoms with Gasteiger partial charge in [0.1, 0.15) is 11.3 Å². The van der Waals surface area contributed by atoms with Gasteiger partial charge < -0.3 is 10.0 Å². The summed E-state index contributed by atoms with van der Waals surface area (Å²) in [5.74, 6) is 0.256. The predicted molar refractivity (Wildman–Crippen MR) is 74.9 cm³/mol. The number of benzene rings is 1. The zero-order valence-electron chi connectivity index (χ0n) is 11.2. The maximum Gasteiger partial charge on any atom is 0.141 e. The molecule has 3 nitrogen and oxygen atoms in total. The van der Waals surface area contributed by atoms with Crippen LogP contribution in [0.2, 0.25) is 0 Å². The molecule has 0 unspecified atom stereocenters. The number of phenols is 1. The molecular weight excluding hydrogens is 224 g/mol. The van der Waals surface area contributed by atoms with Gasteiger partial charge in [0, 0.05) is 24.2 Å². The van der Waals surface area contributed by atoms with Crippen LogP contribution in [-0.2, 0) is 6.42 Å². The van der Waals surface area contributed by atoms with E-state index in [1.165, 1.54) is 5.56 Å². The van der Waals surface area contributed by atoms with E-state index in [0.29, 0.717) is 11.6 Å². The standard InChI is InChI=1S/C15H20N2O/c1-11(2)17(3)10-8-12-6-7-14(18)15-13(12)5-4-9-16-15/h4-7,9,11,18H,8,10H2,1-3H3. The Balaban J connectivity index is 2.26. The molecular formula is C15H20N2O. The zero-order valence-corrected chi connectivity index (χ0v) is 11.2. The van der Waals surface area contributed by atoms with E-state index < -0.39 is 0 Å². The summed E-state index contributed by atoms with van der Waals surface area (Å²) >= 11 is 0. The Kier molecular flexibility index (Phi) is 3.82. The number of pyridine rings is 1. The van der Waals surface area contributed by atoms with Gasteiger partial charge in [0.25, 0.3) is 0 Å². The molecule has 18 heavy (non-hydrogen) atoms. The summed E-state index contributed by atoms with van der Waals surface area (Å²) in [6.07, 6.45) is 2.68. The summed E-state index contributed by atoms with van der Waals surface area (Å²) in [6, 6.07) is 8.21. The van der Waals surface area contributed by atoms with E-state index in [9.17, 15) is 5.11 Å². The molecule has 96 valence electrons. The van der Waals surface area contributed by atoms with Crippen molar-refractivity contribution in [1.29, 1.82) is 0 Å². The lowest BCUT2D eigenvalue weighted by molar-refractivity contribution is 0.278. The minimum absolute atomic E-state index is 0.256. The van der Waals surface area contributed by atoms with Crippen LogP contribution in [0, 0.1) is 0 Å². The van der Waals surface area contributed by atoms with Gasteiger partial charge in [0.15, 0.2) is 0 Å². The van der Waals surface area contributed by atoms with Crippen molar-refractivity contribution >= 4 is 10.9 Å². The van der Waals surface area contributed by atoms with E-state index in [1.807, 2.05) is 18.2 Å². The van der Waals surface area contributed by atoms with Crippen LogP contribution in [0.1, 0.15) is 19.4 Å². The first-order valence-electron chi connectivity index (χ1n) is 6.35. The molecule has 0 aliphatic rings. The van der Waals surface area contributed by atoms with Crippen molar-refractivity contribution in [2.24, 2.45) is 0 Å². The van der Waals surface area contributed by atoms with E-state index in [4.69, 9.17) is 0 Å². The lowest BCUT2D eigenvalue weighted by Gasteiger charge is -2.21. The second-order valence-corrected chi connectivity index (χ2v) is 4.97. The van der Waals surface area contributed by atoms with E-state index in [0.717, 1.165) is 18.4 Å². The van der Waals surface area contributed by atoms with E-state index in [2.05, 4.69) is 30.8 Å². The molecule has 2 aromatic rings. The molecule has 1 aromatic heterocycles. The summed E-state index contributed by atoms with van der Waals surface area (Å²) in [5.41, 5.74) is 1.94. The van der Waals surface area contributed by atoms with Gasteiger partial charge in [0.05, 0.1) is 0 Å². The first-order valence-corrected chi connectivity index (χ1v) is 6.35. The van der Waals surface area contributed by atoms with E-state index in [-0.39, 0.29) is 5.75 Å². The lowest BCUT2D eigenvalue weighted by Crippen LogP contribution is -2.28. The van der Waals surface area contributed by atoms with Crippen molar-refractivity contribution in [1.82, 2.24) is 9.88 Å². The van der Waals surface area contributed by atoms with Crippen molar-refractivity contribution in [3.05, 3.63) is 36.0 Å². The van der Waals surface area contributed by atoms with Gasteiger partial charge >= 0.3 is 0 Å². The van der Waals surface area contributed by atoms with E-state index in [1.54, 1.807) is 12.3 Å². The highest BCUT2D eigenvalue weighted by atomic mass is 16.3. The fourth-order valence-corrected chi connectivity index (χ4v) is 1.99. The van der Waals surface area contributed by atoms with Crippen LogP contribution in [0.3, 0.4) is 0 Å². The van der Waals surface area contributed by atoms with Crippen molar-refractivity contribution < 1.29 is 5.11 Å². The van der Waals surface area contributed by atoms with Gasteiger partial charge in [0.2, 0.25) is 0 Å². The SMILES string of the molecule is CC(C)N(C)CCc1ccc(O)c2ncccc12. The first kappa shape index (κ1) is 12.8. The van der Waals surface area contributed by atoms with Crippen LogP contribution < -0.4 is 0 Å². The number of fused-ring (bicyclic) bond motifs is 1. The molecule has 0 spiro atoms. The Hall–Kier alpha value is -1.61. The third-order valence-corrected chi connectivity index (χ3v) is 3.45. The van der Waals surface area contributed by atoms with Crippen molar-refractivity contribution in [3.63, 3.8) is 0 Å². The fraction of sp³-hybridized carbons (Fsp3) is 0.400. The third kappa shape index (κ3) is 2.62. The maximum atomic E-state index is 9.79. The number of nitrogens with zero attached hydrogens (tertiary/aromatic N) is 2. The van der Waals surface area contributed by atoms with Gasteiger partial charge in [-0.2, -0.15) is 0 Å². The number of aromatic nitrogens is 1. The van der Waals surface area contributed by atoms with Crippen LogP contribution >= 0.6 is 0 Å². The monoisotopic (exact) mass is 244 g/mol. The molecule has 0 atom stereocenters. The number of aromatic hydroxyl groups is 1. The summed E-state index contributed by atoms with van der Waals surface area (Å²) in [7, 11) is 2.13. The number of hydrogen-bond donors (Lipinski definition) is 1. The minimum Gasteiger partial charge on any atom is -0.506 e. The second-order valence-electron chi connectivity index (χ2n) is 4.97. The van der Waals surface area contributed by atoms with Crippen LogP contribution in [-0.4, -0.2) is 34.6 Å². The van der Waals surface area contributed by atoms with Gasteiger partial charge in [-0.25, -0.2) is 0 Å². The molecule has 0 fully saturated rings. The molecule has 0 bridgehead atoms. The minimum atomic E-state index is 0.256. The van der Waals surface area contributed by atoms with Gasteiger partial charge in [-0.1, -0.05) is 12.1 Å². The van der Waals surface area contributed by atoms with Crippen LogP contribution in [0.15, 0.2) is 30.5 Å². The molecule has 0 saturated heterocycles. The molecule has 0 aliphatic carbocycles. The second kappa shape index (κ2) is 5.36. The highest BCUT2D eigenvalue weighted by Crippen LogP contribution is 2.25. The van der Waals surface area contributed by atoms with Gasteiger partial charge in [-0.15, -0.1) is 0 Å². The third-order valence-electron chi connectivity index (χ3n) is 3.45. The number of likely N-dealkylation sites (N-methyl/N-ethyl adjacent to an activating group) is 1. The first-order chi connectivity index (χ1) is 8.59. The molecule has 3 heteroatoms. The summed E-state index contributed by atoms with van der Waals surface area (Å²) in [6.45, 7) is 5.39. The molecule has 0 saturated carbocycles. The van der Waals surface area contributed by atoms with Crippen LogP contribution in [0.5, 0.6) is 5.75 Å². The van der Waals surface area contributed by atoms with Gasteiger partial charge in [-0.05, 0) is 45.0 Å². The number of hydrogen-bond acceptors (Lipinski definition) is 3. The Labute approximate surface area is 108 Å². The average Bonchev–Trinajstić information content (AvgIpc) is 2.38. The molecule has 2 rings (SSSR count). The predicted octanol–water partition coefficient (Wildman–Crippen LogP) is 2.82. The van der Waals surface area contributed by atoms with Crippen molar-refractivity contribution in [2.45, 2.75) is 26.3 Å². The smallest absolute Gasteiger partial charge is 0.141 e. The quantitative estimate of drug-likeness (QED) is 0.898. The average molecular weight is 244 g/mol. The molecule has 0 amide bonds. The van der Waals surface area contributed by atoms with Crippen molar-refractivity contribution in [2.75, 3.05) is 13.6 Å². The van der Waals surface area contributed by atoms with Crippen LogP contribution in [0.25, 0.3) is 10.9 Å².